The first kappa shape index (κ1) is 14.6. The number of rotatable bonds is 4. The molecule has 2 aliphatic rings. The highest BCUT2D eigenvalue weighted by atomic mass is 16.4. The number of aliphatic hydroxyl groups is 1. The number of nitrogens with zero attached hydrogens (tertiary/aromatic N) is 1. The SMILES string of the molecule is NC(=O)C[C@@H](NC(=O)N1C2CCC1CC(O)C2)C(=O)O. The molecule has 2 heterocycles. The van der Waals surface area contributed by atoms with Crippen LogP contribution in [0.25, 0.3) is 0 Å². The largest absolute Gasteiger partial charge is 0.480 e. The number of aliphatic carboxylic acids is 1. The second kappa shape index (κ2) is 5.66. The monoisotopic (exact) mass is 285 g/mol. The maximum absolute atomic E-state index is 12.2. The van der Waals surface area contributed by atoms with Crippen molar-refractivity contribution in [3.05, 3.63) is 0 Å². The van der Waals surface area contributed by atoms with Gasteiger partial charge >= 0.3 is 12.0 Å². The van der Waals surface area contributed by atoms with E-state index in [-0.39, 0.29) is 12.1 Å². The van der Waals surface area contributed by atoms with E-state index in [0.29, 0.717) is 12.8 Å². The van der Waals surface area contributed by atoms with Crippen LogP contribution in [0.2, 0.25) is 0 Å². The number of amides is 3. The summed E-state index contributed by atoms with van der Waals surface area (Å²) in [6, 6.07) is -1.94. The van der Waals surface area contributed by atoms with Crippen molar-refractivity contribution >= 4 is 17.9 Å². The van der Waals surface area contributed by atoms with Crippen LogP contribution in [0, 0.1) is 0 Å². The van der Waals surface area contributed by atoms with Gasteiger partial charge in [-0.3, -0.25) is 4.79 Å². The molecule has 20 heavy (non-hydrogen) atoms. The van der Waals surface area contributed by atoms with E-state index < -0.39 is 36.5 Å². The van der Waals surface area contributed by atoms with Crippen LogP contribution in [0.4, 0.5) is 4.79 Å². The average Bonchev–Trinajstić information content (AvgIpc) is 2.60. The van der Waals surface area contributed by atoms with Crippen molar-refractivity contribution in [1.82, 2.24) is 10.2 Å². The van der Waals surface area contributed by atoms with E-state index in [9.17, 15) is 19.5 Å². The Labute approximate surface area is 115 Å². The van der Waals surface area contributed by atoms with Crippen molar-refractivity contribution in [1.29, 1.82) is 0 Å². The van der Waals surface area contributed by atoms with Crippen LogP contribution >= 0.6 is 0 Å². The summed E-state index contributed by atoms with van der Waals surface area (Å²) in [4.78, 5) is 35.6. The number of aliphatic hydroxyl groups excluding tert-OH is 1. The van der Waals surface area contributed by atoms with E-state index in [4.69, 9.17) is 10.8 Å². The number of primary amides is 1. The van der Waals surface area contributed by atoms with Crippen LogP contribution in [0.15, 0.2) is 0 Å². The second-order valence-corrected chi connectivity index (χ2v) is 5.43. The van der Waals surface area contributed by atoms with Crippen molar-refractivity contribution < 1.29 is 24.6 Å². The summed E-state index contributed by atoms with van der Waals surface area (Å²) in [5, 5.41) is 21.0. The van der Waals surface area contributed by atoms with E-state index in [1.807, 2.05) is 0 Å². The molecular formula is C12H19N3O5. The van der Waals surface area contributed by atoms with Crippen LogP contribution in [-0.4, -0.2) is 57.3 Å². The molecule has 8 nitrogen and oxygen atoms in total. The van der Waals surface area contributed by atoms with Crippen molar-refractivity contribution in [2.75, 3.05) is 0 Å². The maximum atomic E-state index is 12.2. The van der Waals surface area contributed by atoms with E-state index in [0.717, 1.165) is 12.8 Å². The topological polar surface area (TPSA) is 133 Å². The molecule has 2 rings (SSSR count). The van der Waals surface area contributed by atoms with Crippen molar-refractivity contribution in [2.24, 2.45) is 5.73 Å². The molecule has 5 N–H and O–H groups in total. The van der Waals surface area contributed by atoms with E-state index in [1.54, 1.807) is 4.90 Å². The Balaban J connectivity index is 2.00. The fourth-order valence-electron chi connectivity index (χ4n) is 3.10. The number of nitrogens with one attached hydrogen (secondary N) is 1. The first-order valence-electron chi connectivity index (χ1n) is 6.66. The number of hydrogen-bond donors (Lipinski definition) is 4. The molecule has 2 bridgehead atoms. The van der Waals surface area contributed by atoms with Gasteiger partial charge in [0, 0.05) is 12.1 Å². The van der Waals surface area contributed by atoms with Gasteiger partial charge in [-0.15, -0.1) is 0 Å². The molecule has 3 amide bonds. The Kier molecular flexibility index (Phi) is 4.12. The molecule has 0 spiro atoms. The number of piperidine rings is 1. The molecule has 3 atom stereocenters. The molecule has 2 saturated heterocycles. The quantitative estimate of drug-likeness (QED) is 0.526. The van der Waals surface area contributed by atoms with Crippen molar-refractivity contribution in [3.63, 3.8) is 0 Å². The lowest BCUT2D eigenvalue weighted by Crippen LogP contribution is -2.55. The zero-order valence-corrected chi connectivity index (χ0v) is 11.0. The minimum atomic E-state index is -1.31. The normalized spacial score (nSPS) is 29.9. The fraction of sp³-hybridized carbons (Fsp3) is 0.750. The van der Waals surface area contributed by atoms with Gasteiger partial charge in [-0.05, 0) is 25.7 Å². The third-order valence-corrected chi connectivity index (χ3v) is 3.94. The number of nitrogens with two attached hydrogens (primary N) is 1. The zero-order valence-electron chi connectivity index (χ0n) is 11.0. The molecule has 0 radical (unpaired) electrons. The van der Waals surface area contributed by atoms with Gasteiger partial charge in [-0.1, -0.05) is 0 Å². The third kappa shape index (κ3) is 3.01. The first-order valence-corrected chi connectivity index (χ1v) is 6.66. The molecular weight excluding hydrogens is 266 g/mol. The van der Waals surface area contributed by atoms with Gasteiger partial charge in [0.15, 0.2) is 0 Å². The Bertz CT molecular complexity index is 413. The van der Waals surface area contributed by atoms with Gasteiger partial charge in [-0.25, -0.2) is 9.59 Å². The third-order valence-electron chi connectivity index (χ3n) is 3.94. The van der Waals surface area contributed by atoms with Crippen LogP contribution in [0.1, 0.15) is 32.1 Å². The fourth-order valence-corrected chi connectivity index (χ4v) is 3.10. The Morgan fingerprint density at radius 3 is 2.25 bits per heavy atom. The number of urea groups is 1. The maximum Gasteiger partial charge on any atom is 0.326 e. The van der Waals surface area contributed by atoms with Crippen LogP contribution in [0.5, 0.6) is 0 Å². The minimum absolute atomic E-state index is 0.0632. The summed E-state index contributed by atoms with van der Waals surface area (Å²) in [6.07, 6.45) is 1.80. The number of carboxylic acid groups (broad SMARTS) is 1. The zero-order chi connectivity index (χ0) is 14.9. The Morgan fingerprint density at radius 2 is 1.80 bits per heavy atom. The Hall–Kier alpha value is -1.83. The van der Waals surface area contributed by atoms with E-state index in [1.165, 1.54) is 0 Å². The standard InChI is InChI=1S/C12H19N3O5/c13-10(17)5-9(11(18)19)14-12(20)15-6-1-2-7(15)4-8(16)3-6/h6-9,16H,1-5H2,(H2,13,17)(H,14,20)(H,18,19)/t6?,7?,8?,9-/m1/s1. The number of carbonyl (C=O) groups excluding carboxylic acids is 2. The van der Waals surface area contributed by atoms with Gasteiger partial charge in [0.2, 0.25) is 5.91 Å². The summed E-state index contributed by atoms with van der Waals surface area (Å²) in [5.74, 6) is -2.07. The summed E-state index contributed by atoms with van der Waals surface area (Å²) < 4.78 is 0. The molecule has 0 aliphatic carbocycles. The average molecular weight is 285 g/mol. The minimum Gasteiger partial charge on any atom is -0.480 e. The first-order chi connectivity index (χ1) is 9.38. The predicted molar refractivity (Wildman–Crippen MR) is 67.7 cm³/mol. The van der Waals surface area contributed by atoms with Crippen LogP contribution < -0.4 is 11.1 Å². The second-order valence-electron chi connectivity index (χ2n) is 5.43. The van der Waals surface area contributed by atoms with Crippen molar-refractivity contribution in [3.8, 4) is 0 Å². The lowest BCUT2D eigenvalue weighted by molar-refractivity contribution is -0.141. The summed E-state index contributed by atoms with van der Waals surface area (Å²) in [5.41, 5.74) is 4.97. The summed E-state index contributed by atoms with van der Waals surface area (Å²) in [6.45, 7) is 0. The number of carbonyl (C=O) groups is 3. The molecule has 2 fully saturated rings. The summed E-state index contributed by atoms with van der Waals surface area (Å²) in [7, 11) is 0. The Morgan fingerprint density at radius 1 is 1.25 bits per heavy atom. The lowest BCUT2D eigenvalue weighted by atomic mass is 10.0. The number of fused-ring (bicyclic) bond motifs is 2. The predicted octanol–water partition coefficient (Wildman–Crippen LogP) is -0.988. The highest BCUT2D eigenvalue weighted by molar-refractivity contribution is 5.87. The molecule has 2 unspecified atom stereocenters. The smallest absolute Gasteiger partial charge is 0.326 e. The molecule has 0 aromatic rings. The molecule has 112 valence electrons. The lowest BCUT2D eigenvalue weighted by Gasteiger charge is -2.37. The van der Waals surface area contributed by atoms with E-state index >= 15 is 0 Å². The van der Waals surface area contributed by atoms with Gasteiger partial charge in [0.25, 0.3) is 0 Å². The van der Waals surface area contributed by atoms with Gasteiger partial charge in [-0.2, -0.15) is 0 Å². The molecule has 0 aromatic heterocycles. The molecule has 8 heteroatoms. The van der Waals surface area contributed by atoms with Crippen LogP contribution in [0.3, 0.4) is 0 Å². The number of hydrogen-bond acceptors (Lipinski definition) is 4. The van der Waals surface area contributed by atoms with Gasteiger partial charge in [0.1, 0.15) is 6.04 Å². The highest BCUT2D eigenvalue weighted by Crippen LogP contribution is 2.35. The van der Waals surface area contributed by atoms with Gasteiger partial charge < -0.3 is 26.2 Å². The van der Waals surface area contributed by atoms with Gasteiger partial charge in [0.05, 0.1) is 12.5 Å². The molecule has 2 aliphatic heterocycles. The van der Waals surface area contributed by atoms with E-state index in [2.05, 4.69) is 5.32 Å². The molecule has 0 aromatic carbocycles. The van der Waals surface area contributed by atoms with Crippen molar-refractivity contribution in [2.45, 2.75) is 56.3 Å². The highest BCUT2D eigenvalue weighted by Gasteiger charge is 2.43. The molecule has 0 saturated carbocycles. The van der Waals surface area contributed by atoms with Crippen LogP contribution in [-0.2, 0) is 9.59 Å². The summed E-state index contributed by atoms with van der Waals surface area (Å²) >= 11 is 0. The number of carboxylic acids is 1.